The third-order valence-corrected chi connectivity index (χ3v) is 3.75. The number of nitrogens with one attached hydrogen (secondary N) is 1. The Hall–Kier alpha value is -2.80. The van der Waals surface area contributed by atoms with Crippen LogP contribution < -0.4 is 5.32 Å². The lowest BCUT2D eigenvalue weighted by atomic mass is 10.3. The number of pyridine rings is 2. The van der Waals surface area contributed by atoms with E-state index >= 15 is 0 Å². The van der Waals surface area contributed by atoms with Crippen molar-refractivity contribution in [1.29, 1.82) is 0 Å². The van der Waals surface area contributed by atoms with Gasteiger partial charge >= 0.3 is 5.97 Å². The van der Waals surface area contributed by atoms with Crippen LogP contribution in [0.3, 0.4) is 0 Å². The lowest BCUT2D eigenvalue weighted by molar-refractivity contribution is 0.0703. The van der Waals surface area contributed by atoms with Crippen molar-refractivity contribution in [3.63, 3.8) is 0 Å². The van der Waals surface area contributed by atoms with E-state index in [1.165, 1.54) is 0 Å². The van der Waals surface area contributed by atoms with Crippen LogP contribution in [-0.4, -0.2) is 26.0 Å². The number of carbonyl (C=O) groups is 1. The van der Waals surface area contributed by atoms with Crippen LogP contribution in [0.25, 0.3) is 10.6 Å². The predicted octanol–water partition coefficient (Wildman–Crippen LogP) is 3.04. The van der Waals surface area contributed by atoms with Crippen LogP contribution in [0.15, 0.2) is 49.1 Å². The van der Waals surface area contributed by atoms with E-state index in [2.05, 4.69) is 20.3 Å². The Kier molecular flexibility index (Phi) is 3.57. The van der Waals surface area contributed by atoms with Gasteiger partial charge in [0.2, 0.25) is 0 Å². The molecule has 0 fully saturated rings. The zero-order chi connectivity index (χ0) is 14.7. The standard InChI is InChI=1S/C14H10N4O2S/c19-14(20)11-12(17-10-4-2-6-16-8-10)18-13(21-11)9-3-1-5-15-7-9/h1-8,17H,(H,19,20). The van der Waals surface area contributed by atoms with E-state index in [-0.39, 0.29) is 4.88 Å². The van der Waals surface area contributed by atoms with Gasteiger partial charge in [-0.05, 0) is 24.3 Å². The molecule has 0 amide bonds. The first-order chi connectivity index (χ1) is 10.2. The van der Waals surface area contributed by atoms with Gasteiger partial charge in [-0.2, -0.15) is 0 Å². The first-order valence-electron chi connectivity index (χ1n) is 6.05. The summed E-state index contributed by atoms with van der Waals surface area (Å²) in [5.74, 6) is -0.714. The van der Waals surface area contributed by atoms with E-state index < -0.39 is 5.97 Å². The van der Waals surface area contributed by atoms with E-state index in [9.17, 15) is 9.90 Å². The first kappa shape index (κ1) is 13.2. The molecule has 0 radical (unpaired) electrons. The van der Waals surface area contributed by atoms with Gasteiger partial charge in [0.1, 0.15) is 5.01 Å². The normalized spacial score (nSPS) is 10.3. The van der Waals surface area contributed by atoms with Crippen molar-refractivity contribution in [2.45, 2.75) is 0 Å². The number of anilines is 2. The Balaban J connectivity index is 2.00. The van der Waals surface area contributed by atoms with E-state index in [0.717, 1.165) is 16.9 Å². The quantitative estimate of drug-likeness (QED) is 0.769. The Morgan fingerprint density at radius 2 is 1.90 bits per heavy atom. The molecule has 0 aliphatic heterocycles. The summed E-state index contributed by atoms with van der Waals surface area (Å²) in [4.78, 5) is 23.9. The number of hydrogen-bond donors (Lipinski definition) is 2. The summed E-state index contributed by atoms with van der Waals surface area (Å²) in [5.41, 5.74) is 1.47. The zero-order valence-corrected chi connectivity index (χ0v) is 11.5. The fourth-order valence-corrected chi connectivity index (χ4v) is 2.59. The molecule has 6 nitrogen and oxygen atoms in total. The minimum Gasteiger partial charge on any atom is -0.477 e. The largest absolute Gasteiger partial charge is 0.477 e. The maximum Gasteiger partial charge on any atom is 0.349 e. The van der Waals surface area contributed by atoms with Crippen molar-refractivity contribution < 1.29 is 9.90 Å². The molecule has 3 aromatic heterocycles. The van der Waals surface area contributed by atoms with Gasteiger partial charge in [0, 0.05) is 24.2 Å². The highest BCUT2D eigenvalue weighted by atomic mass is 32.1. The third kappa shape index (κ3) is 2.87. The fraction of sp³-hybridized carbons (Fsp3) is 0. The molecule has 0 saturated heterocycles. The van der Waals surface area contributed by atoms with Crippen molar-refractivity contribution in [2.75, 3.05) is 5.32 Å². The van der Waals surface area contributed by atoms with Crippen LogP contribution >= 0.6 is 11.3 Å². The predicted molar refractivity (Wildman–Crippen MR) is 79.8 cm³/mol. The summed E-state index contributed by atoms with van der Waals surface area (Å²) in [6.07, 6.45) is 6.56. The number of thiazole rings is 1. The Morgan fingerprint density at radius 1 is 1.14 bits per heavy atom. The first-order valence-corrected chi connectivity index (χ1v) is 6.87. The topological polar surface area (TPSA) is 88.0 Å². The van der Waals surface area contributed by atoms with E-state index in [0.29, 0.717) is 16.5 Å². The Bertz CT molecular complexity index is 759. The van der Waals surface area contributed by atoms with Gasteiger partial charge in [-0.3, -0.25) is 9.97 Å². The Morgan fingerprint density at radius 3 is 2.52 bits per heavy atom. The highest BCUT2D eigenvalue weighted by Gasteiger charge is 2.18. The molecule has 0 bridgehead atoms. The molecule has 0 unspecified atom stereocenters. The summed E-state index contributed by atoms with van der Waals surface area (Å²) in [6.45, 7) is 0. The van der Waals surface area contributed by atoms with E-state index in [1.54, 1.807) is 43.0 Å². The minimum atomic E-state index is -1.02. The molecule has 21 heavy (non-hydrogen) atoms. The number of hydrogen-bond acceptors (Lipinski definition) is 6. The maximum atomic E-state index is 11.4. The van der Waals surface area contributed by atoms with Crippen molar-refractivity contribution in [3.8, 4) is 10.6 Å². The molecule has 0 saturated carbocycles. The van der Waals surface area contributed by atoms with Crippen LogP contribution in [-0.2, 0) is 0 Å². The molecular weight excluding hydrogens is 288 g/mol. The number of aromatic nitrogens is 3. The fourth-order valence-electron chi connectivity index (χ4n) is 1.74. The van der Waals surface area contributed by atoms with Crippen molar-refractivity contribution in [3.05, 3.63) is 53.9 Å². The summed E-state index contributed by atoms with van der Waals surface area (Å²) in [7, 11) is 0. The molecule has 0 aliphatic rings. The highest BCUT2D eigenvalue weighted by Crippen LogP contribution is 2.32. The molecule has 0 aliphatic carbocycles. The number of aromatic carboxylic acids is 1. The summed E-state index contributed by atoms with van der Waals surface area (Å²) < 4.78 is 0. The average Bonchev–Trinajstić information content (AvgIpc) is 2.93. The molecule has 7 heteroatoms. The van der Waals surface area contributed by atoms with Gasteiger partial charge in [-0.25, -0.2) is 9.78 Å². The van der Waals surface area contributed by atoms with Crippen LogP contribution in [0.1, 0.15) is 9.67 Å². The van der Waals surface area contributed by atoms with Gasteiger partial charge in [0.25, 0.3) is 0 Å². The molecular formula is C14H10N4O2S. The van der Waals surface area contributed by atoms with E-state index in [4.69, 9.17) is 0 Å². The van der Waals surface area contributed by atoms with Crippen LogP contribution in [0.4, 0.5) is 11.5 Å². The second-order valence-electron chi connectivity index (χ2n) is 4.11. The molecule has 0 spiro atoms. The minimum absolute atomic E-state index is 0.151. The highest BCUT2D eigenvalue weighted by molar-refractivity contribution is 7.17. The van der Waals surface area contributed by atoms with Crippen molar-refractivity contribution in [1.82, 2.24) is 15.0 Å². The second-order valence-corrected chi connectivity index (χ2v) is 5.11. The molecule has 3 aromatic rings. The SMILES string of the molecule is O=C(O)c1sc(-c2cccnc2)nc1Nc1cccnc1. The summed E-state index contributed by atoms with van der Waals surface area (Å²) in [6, 6.07) is 7.18. The third-order valence-electron chi connectivity index (χ3n) is 2.65. The van der Waals surface area contributed by atoms with Crippen LogP contribution in [0.5, 0.6) is 0 Å². The van der Waals surface area contributed by atoms with Gasteiger partial charge in [-0.1, -0.05) is 0 Å². The number of carboxylic acid groups (broad SMARTS) is 1. The van der Waals surface area contributed by atoms with Gasteiger partial charge in [0.05, 0.1) is 11.9 Å². The van der Waals surface area contributed by atoms with Gasteiger partial charge in [0.15, 0.2) is 10.7 Å². The van der Waals surface area contributed by atoms with Crippen LogP contribution in [0, 0.1) is 0 Å². The summed E-state index contributed by atoms with van der Waals surface area (Å²) in [5, 5.41) is 12.9. The van der Waals surface area contributed by atoms with Crippen molar-refractivity contribution >= 4 is 28.8 Å². The molecule has 104 valence electrons. The van der Waals surface area contributed by atoms with Crippen molar-refractivity contribution in [2.24, 2.45) is 0 Å². The summed E-state index contributed by atoms with van der Waals surface area (Å²) >= 11 is 1.11. The lowest BCUT2D eigenvalue weighted by Crippen LogP contribution is -1.99. The monoisotopic (exact) mass is 298 g/mol. The molecule has 3 rings (SSSR count). The molecule has 3 heterocycles. The van der Waals surface area contributed by atoms with Gasteiger partial charge in [-0.15, -0.1) is 11.3 Å². The number of carboxylic acids is 1. The average molecular weight is 298 g/mol. The van der Waals surface area contributed by atoms with Gasteiger partial charge < -0.3 is 10.4 Å². The second kappa shape index (κ2) is 5.68. The number of rotatable bonds is 4. The van der Waals surface area contributed by atoms with E-state index in [1.807, 2.05) is 6.07 Å². The smallest absolute Gasteiger partial charge is 0.349 e. The lowest BCUT2D eigenvalue weighted by Gasteiger charge is -2.02. The Labute approximate surface area is 124 Å². The molecule has 0 aromatic carbocycles. The van der Waals surface area contributed by atoms with Crippen LogP contribution in [0.2, 0.25) is 0 Å². The molecule has 2 N–H and O–H groups in total. The molecule has 0 atom stereocenters. The number of nitrogens with zero attached hydrogens (tertiary/aromatic N) is 3. The zero-order valence-electron chi connectivity index (χ0n) is 10.7. The maximum absolute atomic E-state index is 11.4.